The van der Waals surface area contributed by atoms with Crippen LogP contribution in [0.2, 0.25) is 0 Å². The van der Waals surface area contributed by atoms with Gasteiger partial charge in [0.05, 0.1) is 12.1 Å². The number of carbonyl (C=O) groups excluding carboxylic acids is 1. The zero-order valence-electron chi connectivity index (χ0n) is 10.6. The summed E-state index contributed by atoms with van der Waals surface area (Å²) in [5.74, 6) is 0.658. The number of nitrogens with one attached hydrogen (secondary N) is 1. The Morgan fingerprint density at radius 2 is 2.19 bits per heavy atom. The van der Waals surface area contributed by atoms with Gasteiger partial charge in [-0.15, -0.1) is 0 Å². The van der Waals surface area contributed by atoms with Gasteiger partial charge in [-0.25, -0.2) is 0 Å². The van der Waals surface area contributed by atoms with Crippen LogP contribution >= 0.6 is 0 Å². The zero-order valence-corrected chi connectivity index (χ0v) is 10.6. The van der Waals surface area contributed by atoms with E-state index < -0.39 is 0 Å². The minimum atomic E-state index is -0.109. The Hall–Kier alpha value is -0.610. The van der Waals surface area contributed by atoms with Crippen LogP contribution in [0.1, 0.15) is 33.1 Å². The lowest BCUT2D eigenvalue weighted by atomic mass is 9.82. The maximum atomic E-state index is 11.7. The fourth-order valence-electron chi connectivity index (χ4n) is 2.01. The predicted octanol–water partition coefficient (Wildman–Crippen LogP) is 0.604. The number of amides is 1. The number of rotatable bonds is 6. The van der Waals surface area contributed by atoms with Gasteiger partial charge in [-0.2, -0.15) is 0 Å². The first-order valence-electron chi connectivity index (χ1n) is 6.20. The van der Waals surface area contributed by atoms with Gasteiger partial charge in [-0.05, 0) is 39.2 Å². The maximum Gasteiger partial charge on any atom is 0.237 e. The fourth-order valence-corrected chi connectivity index (χ4v) is 2.01. The second kappa shape index (κ2) is 6.21. The van der Waals surface area contributed by atoms with E-state index in [1.165, 1.54) is 0 Å². The van der Waals surface area contributed by atoms with Crippen LogP contribution in [0.4, 0.5) is 0 Å². The molecule has 4 heteroatoms. The van der Waals surface area contributed by atoms with Crippen molar-refractivity contribution in [2.45, 2.75) is 45.3 Å². The van der Waals surface area contributed by atoms with Crippen molar-refractivity contribution in [3.63, 3.8) is 0 Å². The lowest BCUT2D eigenvalue weighted by Crippen LogP contribution is -2.47. The van der Waals surface area contributed by atoms with Gasteiger partial charge in [0.15, 0.2) is 0 Å². The summed E-state index contributed by atoms with van der Waals surface area (Å²) >= 11 is 0. The topological polar surface area (TPSA) is 52.6 Å². The van der Waals surface area contributed by atoms with Crippen molar-refractivity contribution in [2.75, 3.05) is 20.1 Å². The summed E-state index contributed by atoms with van der Waals surface area (Å²) in [6.07, 6.45) is 2.63. The second-order valence-corrected chi connectivity index (χ2v) is 4.90. The Kier molecular flexibility index (Phi) is 5.22. The maximum absolute atomic E-state index is 11.7. The molecule has 0 aromatic heterocycles. The van der Waals surface area contributed by atoms with Crippen molar-refractivity contribution in [2.24, 2.45) is 5.92 Å². The monoisotopic (exact) mass is 228 g/mol. The van der Waals surface area contributed by atoms with Gasteiger partial charge >= 0.3 is 0 Å². The molecule has 0 radical (unpaired) electrons. The number of aliphatic hydroxyl groups is 1. The molecule has 0 saturated heterocycles. The lowest BCUT2D eigenvalue weighted by Gasteiger charge is -2.36. The first-order chi connectivity index (χ1) is 7.54. The molecule has 1 amide bonds. The summed E-state index contributed by atoms with van der Waals surface area (Å²) in [7, 11) is 1.97. The molecule has 2 N–H and O–H groups in total. The Balaban J connectivity index is 2.23. The third-order valence-corrected chi connectivity index (χ3v) is 3.35. The molecular formula is C12H24N2O2. The van der Waals surface area contributed by atoms with Gasteiger partial charge in [0.1, 0.15) is 0 Å². The molecule has 1 unspecified atom stereocenters. The second-order valence-electron chi connectivity index (χ2n) is 4.90. The third-order valence-electron chi connectivity index (χ3n) is 3.35. The minimum absolute atomic E-state index is 0.0794. The van der Waals surface area contributed by atoms with E-state index in [9.17, 15) is 9.90 Å². The van der Waals surface area contributed by atoms with Crippen LogP contribution in [-0.2, 0) is 4.79 Å². The highest BCUT2D eigenvalue weighted by Gasteiger charge is 2.30. The Morgan fingerprint density at radius 3 is 2.69 bits per heavy atom. The third kappa shape index (κ3) is 3.76. The van der Waals surface area contributed by atoms with Crippen LogP contribution in [0.25, 0.3) is 0 Å². The molecule has 0 aromatic carbocycles. The van der Waals surface area contributed by atoms with E-state index in [2.05, 4.69) is 10.2 Å². The van der Waals surface area contributed by atoms with Crippen molar-refractivity contribution < 1.29 is 9.90 Å². The van der Waals surface area contributed by atoms with Crippen molar-refractivity contribution in [3.05, 3.63) is 0 Å². The number of carbonyl (C=O) groups is 1. The van der Waals surface area contributed by atoms with E-state index in [0.29, 0.717) is 5.92 Å². The number of hydrogen-bond acceptors (Lipinski definition) is 3. The van der Waals surface area contributed by atoms with E-state index >= 15 is 0 Å². The molecule has 1 atom stereocenters. The molecule has 16 heavy (non-hydrogen) atoms. The van der Waals surface area contributed by atoms with Gasteiger partial charge in [0.25, 0.3) is 0 Å². The average Bonchev–Trinajstić information content (AvgIpc) is 2.22. The predicted molar refractivity (Wildman–Crippen MR) is 64.1 cm³/mol. The first kappa shape index (κ1) is 13.5. The molecule has 1 aliphatic carbocycles. The molecular weight excluding hydrogens is 204 g/mol. The van der Waals surface area contributed by atoms with Gasteiger partial charge in [-0.1, -0.05) is 6.92 Å². The lowest BCUT2D eigenvalue weighted by molar-refractivity contribution is -0.125. The highest BCUT2D eigenvalue weighted by molar-refractivity contribution is 5.81. The molecule has 4 nitrogen and oxygen atoms in total. The molecule has 0 aliphatic heterocycles. The van der Waals surface area contributed by atoms with Crippen molar-refractivity contribution >= 4 is 5.91 Å². The quantitative estimate of drug-likeness (QED) is 0.700. The molecule has 0 bridgehead atoms. The molecule has 1 rings (SSSR count). The van der Waals surface area contributed by atoms with Gasteiger partial charge < -0.3 is 10.4 Å². The summed E-state index contributed by atoms with van der Waals surface area (Å²) in [6.45, 7) is 5.63. The molecule has 0 heterocycles. The Labute approximate surface area is 98.0 Å². The molecule has 0 aromatic rings. The van der Waals surface area contributed by atoms with E-state index in [-0.39, 0.29) is 18.1 Å². The number of likely N-dealkylation sites (N-methyl/N-ethyl adjacent to an activating group) is 1. The van der Waals surface area contributed by atoms with E-state index in [4.69, 9.17) is 0 Å². The Morgan fingerprint density at radius 1 is 1.56 bits per heavy atom. The molecule has 94 valence electrons. The van der Waals surface area contributed by atoms with Crippen molar-refractivity contribution in [1.82, 2.24) is 10.2 Å². The van der Waals surface area contributed by atoms with Crippen LogP contribution in [0, 0.1) is 5.92 Å². The van der Waals surface area contributed by atoms with Crippen LogP contribution < -0.4 is 5.32 Å². The summed E-state index contributed by atoms with van der Waals surface area (Å²) in [5.41, 5.74) is 0. The normalized spacial score (nSPS) is 26.3. The fraction of sp³-hybridized carbons (Fsp3) is 0.917. The highest BCUT2D eigenvalue weighted by atomic mass is 16.3. The largest absolute Gasteiger partial charge is 0.393 e. The summed E-state index contributed by atoms with van der Waals surface area (Å²) < 4.78 is 0. The number of nitrogens with zero attached hydrogens (tertiary/aromatic N) is 1. The average molecular weight is 228 g/mol. The zero-order chi connectivity index (χ0) is 12.1. The molecule has 0 spiro atoms. The SMILES string of the molecule is CCCNC(=O)C(C)N(C)CC1CC(O)C1. The smallest absolute Gasteiger partial charge is 0.237 e. The highest BCUT2D eigenvalue weighted by Crippen LogP contribution is 2.27. The molecule has 1 fully saturated rings. The van der Waals surface area contributed by atoms with Crippen molar-refractivity contribution in [3.8, 4) is 0 Å². The van der Waals surface area contributed by atoms with Crippen LogP contribution in [0.15, 0.2) is 0 Å². The van der Waals surface area contributed by atoms with Gasteiger partial charge in [0.2, 0.25) is 5.91 Å². The summed E-state index contributed by atoms with van der Waals surface area (Å²) in [5, 5.41) is 12.1. The van der Waals surface area contributed by atoms with Crippen LogP contribution in [-0.4, -0.2) is 48.2 Å². The van der Waals surface area contributed by atoms with E-state index in [1.807, 2.05) is 20.9 Å². The van der Waals surface area contributed by atoms with Gasteiger partial charge in [0, 0.05) is 13.1 Å². The van der Waals surface area contributed by atoms with Crippen LogP contribution in [0.3, 0.4) is 0 Å². The van der Waals surface area contributed by atoms with Gasteiger partial charge in [-0.3, -0.25) is 9.69 Å². The number of hydrogen-bond donors (Lipinski definition) is 2. The number of aliphatic hydroxyl groups excluding tert-OH is 1. The first-order valence-corrected chi connectivity index (χ1v) is 6.20. The van der Waals surface area contributed by atoms with E-state index in [1.54, 1.807) is 0 Å². The van der Waals surface area contributed by atoms with E-state index in [0.717, 1.165) is 32.4 Å². The molecule has 1 saturated carbocycles. The summed E-state index contributed by atoms with van der Waals surface area (Å²) in [6, 6.07) is -0.0794. The minimum Gasteiger partial charge on any atom is -0.393 e. The van der Waals surface area contributed by atoms with Crippen LogP contribution in [0.5, 0.6) is 0 Å². The standard InChI is InChI=1S/C12H24N2O2/c1-4-5-13-12(16)9(2)14(3)8-10-6-11(15)7-10/h9-11,15H,4-8H2,1-3H3,(H,13,16). The Bertz CT molecular complexity index is 227. The van der Waals surface area contributed by atoms with Crippen molar-refractivity contribution in [1.29, 1.82) is 0 Å². The molecule has 1 aliphatic rings. The summed E-state index contributed by atoms with van der Waals surface area (Å²) in [4.78, 5) is 13.8.